The summed E-state index contributed by atoms with van der Waals surface area (Å²) >= 11 is 0. The van der Waals surface area contributed by atoms with Crippen molar-refractivity contribution >= 4 is 23.6 Å². The van der Waals surface area contributed by atoms with Gasteiger partial charge in [0.15, 0.2) is 0 Å². The lowest BCUT2D eigenvalue weighted by Crippen LogP contribution is -2.61. The summed E-state index contributed by atoms with van der Waals surface area (Å²) in [4.78, 5) is 56.1. The largest absolute Gasteiger partial charge is 0.356 e. The molecule has 1 aromatic carbocycles. The van der Waals surface area contributed by atoms with E-state index in [1.807, 2.05) is 18.2 Å². The SMILES string of the molecule is O=C1CC2(CCN(C(=O)c3ccccc3)CC2)NC(=O)[C@@H]2C[C@H](F)CN2C(=O)C[C@@H]2CCNC[C@@H]2CCN1. The van der Waals surface area contributed by atoms with Gasteiger partial charge in [0, 0.05) is 44.5 Å². The molecule has 0 bridgehead atoms. The Morgan fingerprint density at radius 2 is 1.74 bits per heavy atom. The summed E-state index contributed by atoms with van der Waals surface area (Å²) in [7, 11) is 0. The minimum absolute atomic E-state index is 0.0336. The molecule has 1 spiro atoms. The Kier molecular flexibility index (Phi) is 7.97. The number of likely N-dealkylation sites (tertiary alicyclic amines) is 1. The number of nitrogens with zero attached hydrogens (tertiary/aromatic N) is 2. The van der Waals surface area contributed by atoms with Crippen molar-refractivity contribution in [3.8, 4) is 0 Å². The molecule has 4 saturated heterocycles. The van der Waals surface area contributed by atoms with E-state index in [-0.39, 0.29) is 48.9 Å². The highest BCUT2D eigenvalue weighted by Crippen LogP contribution is 2.32. The van der Waals surface area contributed by atoms with Gasteiger partial charge in [-0.3, -0.25) is 19.2 Å². The maximum Gasteiger partial charge on any atom is 0.253 e. The highest BCUT2D eigenvalue weighted by Gasteiger charge is 2.45. The average Bonchev–Trinajstić information content (AvgIpc) is 3.32. The van der Waals surface area contributed by atoms with E-state index in [2.05, 4.69) is 16.0 Å². The second-order valence-electron chi connectivity index (χ2n) is 11.4. The molecule has 4 heterocycles. The molecule has 1 aromatic rings. The predicted molar refractivity (Wildman–Crippen MR) is 139 cm³/mol. The van der Waals surface area contributed by atoms with Gasteiger partial charge in [-0.2, -0.15) is 0 Å². The van der Waals surface area contributed by atoms with Crippen molar-refractivity contribution < 1.29 is 23.6 Å². The van der Waals surface area contributed by atoms with E-state index in [4.69, 9.17) is 0 Å². The van der Waals surface area contributed by atoms with Gasteiger partial charge < -0.3 is 25.8 Å². The van der Waals surface area contributed by atoms with Gasteiger partial charge in [-0.05, 0) is 62.7 Å². The number of amides is 4. The molecule has 0 aromatic heterocycles. The van der Waals surface area contributed by atoms with Crippen LogP contribution in [-0.4, -0.2) is 90.4 Å². The molecule has 3 N–H and O–H groups in total. The molecule has 4 aliphatic rings. The number of alkyl halides is 1. The first-order valence-corrected chi connectivity index (χ1v) is 13.9. The van der Waals surface area contributed by atoms with Crippen molar-refractivity contribution in [2.75, 3.05) is 39.3 Å². The maximum atomic E-state index is 14.6. The monoisotopic (exact) mass is 527 g/mol. The first-order valence-electron chi connectivity index (χ1n) is 13.9. The molecule has 0 saturated carbocycles. The van der Waals surface area contributed by atoms with Crippen LogP contribution in [0.25, 0.3) is 0 Å². The Balaban J connectivity index is 1.35. The number of fused-ring (bicyclic) bond motifs is 2. The zero-order valence-corrected chi connectivity index (χ0v) is 21.8. The fourth-order valence-electron chi connectivity index (χ4n) is 6.59. The Bertz CT molecular complexity index is 1040. The Hall–Kier alpha value is -3.01. The number of benzene rings is 1. The van der Waals surface area contributed by atoms with E-state index in [1.54, 1.807) is 17.0 Å². The molecule has 0 aliphatic carbocycles. The lowest BCUT2D eigenvalue weighted by molar-refractivity contribution is -0.141. The van der Waals surface area contributed by atoms with Crippen LogP contribution in [0.4, 0.5) is 4.39 Å². The first-order chi connectivity index (χ1) is 18.3. The van der Waals surface area contributed by atoms with E-state index >= 15 is 0 Å². The molecular weight excluding hydrogens is 489 g/mol. The summed E-state index contributed by atoms with van der Waals surface area (Å²) in [6.45, 7) is 2.80. The van der Waals surface area contributed by atoms with Crippen LogP contribution in [0.2, 0.25) is 0 Å². The summed E-state index contributed by atoms with van der Waals surface area (Å²) in [6, 6.07) is 8.15. The number of hydrogen-bond acceptors (Lipinski definition) is 5. The molecule has 0 radical (unpaired) electrons. The number of carbonyl (C=O) groups excluding carboxylic acids is 4. The Morgan fingerprint density at radius 1 is 1.00 bits per heavy atom. The van der Waals surface area contributed by atoms with Gasteiger partial charge in [0.05, 0.1) is 12.1 Å². The quantitative estimate of drug-likeness (QED) is 0.509. The lowest BCUT2D eigenvalue weighted by atomic mass is 9.81. The van der Waals surface area contributed by atoms with Gasteiger partial charge in [0.2, 0.25) is 17.7 Å². The molecule has 4 aliphatic heterocycles. The Morgan fingerprint density at radius 3 is 2.50 bits per heavy atom. The molecule has 0 unspecified atom stereocenters. The molecule has 5 rings (SSSR count). The van der Waals surface area contributed by atoms with Crippen molar-refractivity contribution in [1.29, 1.82) is 0 Å². The number of carbonyl (C=O) groups is 4. The number of halogens is 1. The summed E-state index contributed by atoms with van der Waals surface area (Å²) in [5, 5.41) is 9.49. The number of hydrogen-bond donors (Lipinski definition) is 3. The van der Waals surface area contributed by atoms with Crippen LogP contribution in [0.1, 0.15) is 55.3 Å². The smallest absolute Gasteiger partial charge is 0.253 e. The highest BCUT2D eigenvalue weighted by molar-refractivity contribution is 5.94. The van der Waals surface area contributed by atoms with E-state index in [0.29, 0.717) is 44.5 Å². The lowest BCUT2D eigenvalue weighted by Gasteiger charge is -2.43. The van der Waals surface area contributed by atoms with Crippen molar-refractivity contribution in [3.63, 3.8) is 0 Å². The average molecular weight is 528 g/mol. The van der Waals surface area contributed by atoms with Gasteiger partial charge in [-0.1, -0.05) is 18.2 Å². The van der Waals surface area contributed by atoms with E-state index in [9.17, 15) is 23.6 Å². The van der Waals surface area contributed by atoms with Gasteiger partial charge in [0.1, 0.15) is 12.2 Å². The van der Waals surface area contributed by atoms with Gasteiger partial charge in [-0.25, -0.2) is 4.39 Å². The van der Waals surface area contributed by atoms with Crippen molar-refractivity contribution in [1.82, 2.24) is 25.8 Å². The fraction of sp³-hybridized carbons (Fsp3) is 0.643. The van der Waals surface area contributed by atoms with Crippen LogP contribution >= 0.6 is 0 Å². The molecule has 4 atom stereocenters. The van der Waals surface area contributed by atoms with Gasteiger partial charge >= 0.3 is 0 Å². The van der Waals surface area contributed by atoms with Crippen molar-refractivity contribution in [2.45, 2.75) is 62.7 Å². The van der Waals surface area contributed by atoms with Gasteiger partial charge in [0.25, 0.3) is 5.91 Å². The number of piperidine rings is 2. The Labute approximate surface area is 222 Å². The zero-order chi connectivity index (χ0) is 26.7. The molecule has 4 amide bonds. The van der Waals surface area contributed by atoms with Crippen molar-refractivity contribution in [2.24, 2.45) is 11.8 Å². The third kappa shape index (κ3) is 5.85. The third-order valence-corrected chi connectivity index (χ3v) is 8.83. The predicted octanol–water partition coefficient (Wildman–Crippen LogP) is 1.24. The fourth-order valence-corrected chi connectivity index (χ4v) is 6.59. The molecule has 206 valence electrons. The van der Waals surface area contributed by atoms with Gasteiger partial charge in [-0.15, -0.1) is 0 Å². The molecular formula is C28H38FN5O4. The minimum Gasteiger partial charge on any atom is -0.356 e. The second kappa shape index (κ2) is 11.4. The van der Waals surface area contributed by atoms with E-state index in [0.717, 1.165) is 25.9 Å². The van der Waals surface area contributed by atoms with Crippen molar-refractivity contribution in [3.05, 3.63) is 35.9 Å². The molecule has 9 nitrogen and oxygen atoms in total. The second-order valence-corrected chi connectivity index (χ2v) is 11.4. The summed E-state index contributed by atoms with van der Waals surface area (Å²) < 4.78 is 14.6. The number of rotatable bonds is 1. The van der Waals surface area contributed by atoms with E-state index < -0.39 is 23.7 Å². The van der Waals surface area contributed by atoms with Crippen LogP contribution in [0.15, 0.2) is 30.3 Å². The summed E-state index contributed by atoms with van der Waals surface area (Å²) in [6.07, 6.45) is 1.49. The summed E-state index contributed by atoms with van der Waals surface area (Å²) in [5.74, 6) is -0.431. The van der Waals surface area contributed by atoms with Crippen LogP contribution in [0.5, 0.6) is 0 Å². The highest BCUT2D eigenvalue weighted by atomic mass is 19.1. The van der Waals surface area contributed by atoms with Crippen LogP contribution in [0.3, 0.4) is 0 Å². The maximum absolute atomic E-state index is 14.6. The van der Waals surface area contributed by atoms with Crippen LogP contribution < -0.4 is 16.0 Å². The normalized spacial score (nSPS) is 30.6. The third-order valence-electron chi connectivity index (χ3n) is 8.83. The summed E-state index contributed by atoms with van der Waals surface area (Å²) in [5.41, 5.74) is -0.266. The topological polar surface area (TPSA) is 111 Å². The minimum atomic E-state index is -1.25. The standard InChI is InChI=1S/C28H38FN5O4/c29-22-15-23-26(37)32-28(8-12-33(13-9-28)27(38)19-4-2-1-3-5-19)16-24(35)31-11-7-21-17-30-10-6-20(21)14-25(36)34(23)18-22/h1-5,20-23,30H,6-18H2,(H,31,35)(H,32,37)/t20-,21-,22-,23-/m0/s1. The molecule has 10 heteroatoms. The zero-order valence-electron chi connectivity index (χ0n) is 21.8. The molecule has 4 fully saturated rings. The molecule has 38 heavy (non-hydrogen) atoms. The van der Waals surface area contributed by atoms with Crippen LogP contribution in [-0.2, 0) is 14.4 Å². The first kappa shape index (κ1) is 26.6. The number of nitrogens with one attached hydrogen (secondary N) is 3. The van der Waals surface area contributed by atoms with E-state index in [1.165, 1.54) is 4.90 Å². The van der Waals surface area contributed by atoms with Crippen LogP contribution in [0, 0.1) is 11.8 Å².